The third-order valence-electron chi connectivity index (χ3n) is 4.08. The number of carbonyl (C=O) groups excluding carboxylic acids is 2. The van der Waals surface area contributed by atoms with Crippen LogP contribution in [0.3, 0.4) is 0 Å². The number of halogens is 1. The van der Waals surface area contributed by atoms with Gasteiger partial charge in [-0.05, 0) is 37.3 Å². The summed E-state index contributed by atoms with van der Waals surface area (Å²) in [7, 11) is 0. The van der Waals surface area contributed by atoms with Crippen molar-refractivity contribution in [2.45, 2.75) is 6.92 Å². The van der Waals surface area contributed by atoms with Gasteiger partial charge >= 0.3 is 0 Å². The lowest BCUT2D eigenvalue weighted by atomic mass is 10.1. The molecule has 0 N–H and O–H groups in total. The van der Waals surface area contributed by atoms with Crippen LogP contribution in [0.5, 0.6) is 0 Å². The van der Waals surface area contributed by atoms with Gasteiger partial charge in [0.25, 0.3) is 11.8 Å². The summed E-state index contributed by atoms with van der Waals surface area (Å²) < 4.78 is 13.2. The first-order chi connectivity index (χ1) is 11.5. The second-order valence-corrected chi connectivity index (χ2v) is 5.78. The SMILES string of the molecule is Cc1ccc(C(=O)N2CCN(C(=O)c3cccc(F)c3)CC2)cn1. The fourth-order valence-electron chi connectivity index (χ4n) is 2.69. The largest absolute Gasteiger partial charge is 0.335 e. The van der Waals surface area contributed by atoms with Gasteiger partial charge in [-0.15, -0.1) is 0 Å². The first-order valence-corrected chi connectivity index (χ1v) is 7.81. The Morgan fingerprint density at radius 3 is 2.12 bits per heavy atom. The van der Waals surface area contributed by atoms with Gasteiger partial charge in [0.15, 0.2) is 0 Å². The van der Waals surface area contributed by atoms with Crippen molar-refractivity contribution in [1.82, 2.24) is 14.8 Å². The van der Waals surface area contributed by atoms with E-state index in [4.69, 9.17) is 0 Å². The van der Waals surface area contributed by atoms with Gasteiger partial charge in [0, 0.05) is 43.6 Å². The van der Waals surface area contributed by atoms with E-state index in [1.807, 2.05) is 6.92 Å². The van der Waals surface area contributed by atoms with Crippen molar-refractivity contribution in [3.05, 3.63) is 65.2 Å². The monoisotopic (exact) mass is 327 g/mol. The Kier molecular flexibility index (Phi) is 4.55. The van der Waals surface area contributed by atoms with E-state index in [9.17, 15) is 14.0 Å². The summed E-state index contributed by atoms with van der Waals surface area (Å²) in [6.45, 7) is 3.63. The van der Waals surface area contributed by atoms with E-state index in [0.29, 0.717) is 37.3 Å². The molecule has 1 aromatic carbocycles. The lowest BCUT2D eigenvalue weighted by Gasteiger charge is -2.34. The van der Waals surface area contributed by atoms with Crippen molar-refractivity contribution in [3.63, 3.8) is 0 Å². The molecular weight excluding hydrogens is 309 g/mol. The Balaban J connectivity index is 1.62. The number of nitrogens with zero attached hydrogens (tertiary/aromatic N) is 3. The Morgan fingerprint density at radius 1 is 0.958 bits per heavy atom. The van der Waals surface area contributed by atoms with E-state index < -0.39 is 5.82 Å². The third kappa shape index (κ3) is 3.42. The number of aromatic nitrogens is 1. The molecule has 1 fully saturated rings. The maximum Gasteiger partial charge on any atom is 0.255 e. The van der Waals surface area contributed by atoms with Crippen LogP contribution in [-0.2, 0) is 0 Å². The first-order valence-electron chi connectivity index (χ1n) is 7.81. The molecule has 1 aliphatic rings. The number of aryl methyl sites for hydroxylation is 1. The van der Waals surface area contributed by atoms with Crippen molar-refractivity contribution >= 4 is 11.8 Å². The molecule has 1 aliphatic heterocycles. The average Bonchev–Trinajstić information content (AvgIpc) is 2.61. The topological polar surface area (TPSA) is 53.5 Å². The minimum Gasteiger partial charge on any atom is -0.335 e. The number of benzene rings is 1. The van der Waals surface area contributed by atoms with Crippen LogP contribution in [-0.4, -0.2) is 52.8 Å². The van der Waals surface area contributed by atoms with Crippen molar-refractivity contribution < 1.29 is 14.0 Å². The zero-order valence-electron chi connectivity index (χ0n) is 13.4. The van der Waals surface area contributed by atoms with Crippen LogP contribution in [0.1, 0.15) is 26.4 Å². The molecule has 0 atom stereocenters. The number of rotatable bonds is 2. The van der Waals surface area contributed by atoms with Crippen LogP contribution >= 0.6 is 0 Å². The summed E-state index contributed by atoms with van der Waals surface area (Å²) in [4.78, 5) is 32.3. The molecule has 0 spiro atoms. The van der Waals surface area contributed by atoms with Crippen molar-refractivity contribution in [2.24, 2.45) is 0 Å². The highest BCUT2D eigenvalue weighted by Crippen LogP contribution is 2.12. The zero-order valence-corrected chi connectivity index (χ0v) is 13.4. The maximum absolute atomic E-state index is 13.2. The highest BCUT2D eigenvalue weighted by Gasteiger charge is 2.25. The normalized spacial score (nSPS) is 14.6. The number of pyridine rings is 1. The van der Waals surface area contributed by atoms with Crippen LogP contribution in [0.4, 0.5) is 4.39 Å². The second kappa shape index (κ2) is 6.78. The standard InChI is InChI=1S/C18H18FN3O2/c1-13-5-6-15(12-20-13)18(24)22-9-7-21(8-10-22)17(23)14-3-2-4-16(19)11-14/h2-6,11-12H,7-10H2,1H3. The number of hydrogen-bond acceptors (Lipinski definition) is 3. The molecule has 1 aromatic heterocycles. The van der Waals surface area contributed by atoms with Crippen LogP contribution < -0.4 is 0 Å². The lowest BCUT2D eigenvalue weighted by molar-refractivity contribution is 0.0535. The molecule has 0 radical (unpaired) electrons. The Hall–Kier alpha value is -2.76. The number of amides is 2. The smallest absolute Gasteiger partial charge is 0.255 e. The van der Waals surface area contributed by atoms with E-state index in [-0.39, 0.29) is 11.8 Å². The fraction of sp³-hybridized carbons (Fsp3) is 0.278. The second-order valence-electron chi connectivity index (χ2n) is 5.78. The van der Waals surface area contributed by atoms with E-state index in [1.165, 1.54) is 18.2 Å². The molecule has 0 aliphatic carbocycles. The van der Waals surface area contributed by atoms with Gasteiger partial charge in [0.05, 0.1) is 5.56 Å². The molecule has 2 heterocycles. The van der Waals surface area contributed by atoms with Crippen molar-refractivity contribution in [1.29, 1.82) is 0 Å². The minimum absolute atomic E-state index is 0.0830. The van der Waals surface area contributed by atoms with E-state index in [2.05, 4.69) is 4.98 Å². The highest BCUT2D eigenvalue weighted by molar-refractivity contribution is 5.95. The molecule has 0 unspecified atom stereocenters. The maximum atomic E-state index is 13.2. The number of hydrogen-bond donors (Lipinski definition) is 0. The molecule has 2 amide bonds. The molecule has 3 rings (SSSR count). The summed E-state index contributed by atoms with van der Waals surface area (Å²) in [6.07, 6.45) is 1.57. The quantitative estimate of drug-likeness (QED) is 0.849. The highest BCUT2D eigenvalue weighted by atomic mass is 19.1. The molecule has 0 bridgehead atoms. The van der Waals surface area contributed by atoms with Gasteiger partial charge in [-0.3, -0.25) is 14.6 Å². The Labute approximate surface area is 139 Å². The van der Waals surface area contributed by atoms with Gasteiger partial charge < -0.3 is 9.80 Å². The lowest BCUT2D eigenvalue weighted by Crippen LogP contribution is -2.50. The van der Waals surface area contributed by atoms with E-state index in [1.54, 1.807) is 34.2 Å². The Bertz CT molecular complexity index is 753. The molecule has 124 valence electrons. The molecule has 6 heteroatoms. The van der Waals surface area contributed by atoms with E-state index in [0.717, 1.165) is 5.69 Å². The summed E-state index contributed by atoms with van der Waals surface area (Å²) >= 11 is 0. The molecule has 1 saturated heterocycles. The number of carbonyl (C=O) groups is 2. The molecule has 24 heavy (non-hydrogen) atoms. The molecular formula is C18H18FN3O2. The van der Waals surface area contributed by atoms with Crippen molar-refractivity contribution in [3.8, 4) is 0 Å². The van der Waals surface area contributed by atoms with Gasteiger partial charge in [-0.25, -0.2) is 4.39 Å². The minimum atomic E-state index is -0.429. The van der Waals surface area contributed by atoms with Gasteiger partial charge in [0.2, 0.25) is 0 Å². The zero-order chi connectivity index (χ0) is 17.1. The van der Waals surface area contributed by atoms with Gasteiger partial charge in [0.1, 0.15) is 5.82 Å². The van der Waals surface area contributed by atoms with Crippen molar-refractivity contribution in [2.75, 3.05) is 26.2 Å². The summed E-state index contributed by atoms with van der Waals surface area (Å²) in [5.41, 5.74) is 1.74. The molecule has 5 nitrogen and oxygen atoms in total. The summed E-state index contributed by atoms with van der Waals surface area (Å²) in [5.74, 6) is -0.722. The van der Waals surface area contributed by atoms with Gasteiger partial charge in [-0.2, -0.15) is 0 Å². The third-order valence-corrected chi connectivity index (χ3v) is 4.08. The van der Waals surface area contributed by atoms with Gasteiger partial charge in [-0.1, -0.05) is 6.07 Å². The number of piperazine rings is 1. The first kappa shape index (κ1) is 16.1. The van der Waals surface area contributed by atoms with Crippen LogP contribution in [0.15, 0.2) is 42.6 Å². The Morgan fingerprint density at radius 2 is 1.58 bits per heavy atom. The average molecular weight is 327 g/mol. The predicted octanol–water partition coefficient (Wildman–Crippen LogP) is 2.13. The predicted molar refractivity (Wildman–Crippen MR) is 87.2 cm³/mol. The summed E-state index contributed by atoms with van der Waals surface area (Å²) in [5, 5.41) is 0. The van der Waals surface area contributed by atoms with Crippen LogP contribution in [0.25, 0.3) is 0 Å². The van der Waals surface area contributed by atoms with E-state index >= 15 is 0 Å². The van der Waals surface area contributed by atoms with Crippen LogP contribution in [0, 0.1) is 12.7 Å². The van der Waals surface area contributed by atoms with Crippen LogP contribution in [0.2, 0.25) is 0 Å². The summed E-state index contributed by atoms with van der Waals surface area (Å²) in [6, 6.07) is 9.22. The molecule has 0 saturated carbocycles. The molecule has 2 aromatic rings. The fourth-order valence-corrected chi connectivity index (χ4v) is 2.69.